The molecule has 8 heteroatoms. The first kappa shape index (κ1) is 17.6. The molecule has 0 bridgehead atoms. The number of nitrogens with one attached hydrogen (secondary N) is 1. The third-order valence-electron chi connectivity index (χ3n) is 2.78. The maximum Gasteiger partial charge on any atom is 0.178 e. The fourth-order valence-electron chi connectivity index (χ4n) is 1.81. The summed E-state index contributed by atoms with van der Waals surface area (Å²) in [7, 11) is -3.19. The lowest BCUT2D eigenvalue weighted by molar-refractivity contribution is 0.444. The number of halogens is 2. The number of hydrogen-bond donors (Lipinski definition) is 1. The molecule has 1 aliphatic heterocycles. The Kier molecular flexibility index (Phi) is 7.06. The van der Waals surface area contributed by atoms with Gasteiger partial charge >= 0.3 is 0 Å². The van der Waals surface area contributed by atoms with Crippen molar-refractivity contribution in [2.75, 3.05) is 19.3 Å². The van der Waals surface area contributed by atoms with Gasteiger partial charge in [-0.25, -0.2) is 18.4 Å². The third-order valence-corrected chi connectivity index (χ3v) is 3.85. The Morgan fingerprint density at radius 2 is 1.67 bits per heavy atom. The topological polar surface area (TPSA) is 72.0 Å². The molecular weight excluding hydrogens is 297 g/mol. The summed E-state index contributed by atoms with van der Waals surface area (Å²) in [5.74, 6) is 1.11. The van der Waals surface area contributed by atoms with Crippen molar-refractivity contribution in [1.82, 2.24) is 15.3 Å². The Labute approximate surface area is 120 Å². The zero-order chi connectivity index (χ0) is 11.6. The Morgan fingerprint density at radius 1 is 1.17 bits per heavy atom. The van der Waals surface area contributed by atoms with Crippen LogP contribution < -0.4 is 5.32 Å². The molecule has 0 unspecified atom stereocenters. The van der Waals surface area contributed by atoms with Gasteiger partial charge in [0.25, 0.3) is 0 Å². The van der Waals surface area contributed by atoms with Crippen LogP contribution >= 0.6 is 24.8 Å². The molecule has 18 heavy (non-hydrogen) atoms. The van der Waals surface area contributed by atoms with Crippen molar-refractivity contribution in [3.63, 3.8) is 0 Å². The van der Waals surface area contributed by atoms with Gasteiger partial charge in [-0.15, -0.1) is 24.8 Å². The summed E-state index contributed by atoms with van der Waals surface area (Å²) in [6, 6.07) is 0. The molecule has 0 amide bonds. The third kappa shape index (κ3) is 4.35. The highest BCUT2D eigenvalue weighted by molar-refractivity contribution is 7.90. The van der Waals surface area contributed by atoms with E-state index < -0.39 is 9.84 Å². The molecule has 1 aromatic rings. The van der Waals surface area contributed by atoms with Crippen LogP contribution in [0.4, 0.5) is 0 Å². The SMILES string of the molecule is CS(=O)(=O)c1cnc(C2CCNCC2)nc1.Cl.Cl. The van der Waals surface area contributed by atoms with Gasteiger partial charge in [-0.2, -0.15) is 0 Å². The number of piperidine rings is 1. The van der Waals surface area contributed by atoms with E-state index in [9.17, 15) is 8.42 Å². The lowest BCUT2D eigenvalue weighted by atomic mass is 9.97. The maximum absolute atomic E-state index is 11.2. The molecule has 2 rings (SSSR count). The fourth-order valence-corrected chi connectivity index (χ4v) is 2.30. The van der Waals surface area contributed by atoms with Gasteiger partial charge in [0.2, 0.25) is 0 Å². The number of rotatable bonds is 2. The molecule has 0 spiro atoms. The molecule has 0 aromatic carbocycles. The van der Waals surface area contributed by atoms with Gasteiger partial charge < -0.3 is 5.32 Å². The van der Waals surface area contributed by atoms with E-state index >= 15 is 0 Å². The fraction of sp³-hybridized carbons (Fsp3) is 0.600. The number of aromatic nitrogens is 2. The van der Waals surface area contributed by atoms with Crippen LogP contribution in [0.2, 0.25) is 0 Å². The van der Waals surface area contributed by atoms with Crippen LogP contribution in [0.5, 0.6) is 0 Å². The van der Waals surface area contributed by atoms with Gasteiger partial charge in [0.15, 0.2) is 9.84 Å². The molecule has 0 radical (unpaired) electrons. The summed E-state index contributed by atoms with van der Waals surface area (Å²) in [6.07, 6.45) is 5.99. The summed E-state index contributed by atoms with van der Waals surface area (Å²) in [4.78, 5) is 8.49. The Morgan fingerprint density at radius 3 is 2.11 bits per heavy atom. The quantitative estimate of drug-likeness (QED) is 0.888. The molecule has 0 atom stereocenters. The predicted octanol–water partition coefficient (Wildman–Crippen LogP) is 1.19. The van der Waals surface area contributed by atoms with Crippen molar-refractivity contribution in [3.05, 3.63) is 18.2 Å². The van der Waals surface area contributed by atoms with Crippen LogP contribution in [0.15, 0.2) is 17.3 Å². The molecule has 2 heterocycles. The van der Waals surface area contributed by atoms with E-state index in [2.05, 4.69) is 15.3 Å². The van der Waals surface area contributed by atoms with Crippen LogP contribution in [0.25, 0.3) is 0 Å². The van der Waals surface area contributed by atoms with E-state index in [1.807, 2.05) is 0 Å². The maximum atomic E-state index is 11.2. The van der Waals surface area contributed by atoms with Crippen LogP contribution in [0.1, 0.15) is 24.6 Å². The van der Waals surface area contributed by atoms with E-state index in [0.717, 1.165) is 38.0 Å². The molecule has 5 nitrogen and oxygen atoms in total. The minimum absolute atomic E-state index is 0. The van der Waals surface area contributed by atoms with Gasteiger partial charge in [-0.1, -0.05) is 0 Å². The average molecular weight is 314 g/mol. The highest BCUT2D eigenvalue weighted by atomic mass is 35.5. The normalized spacial score (nSPS) is 16.5. The monoisotopic (exact) mass is 313 g/mol. The first-order valence-corrected chi connectivity index (χ1v) is 7.19. The second-order valence-corrected chi connectivity index (χ2v) is 6.09. The average Bonchev–Trinajstić information content (AvgIpc) is 2.29. The van der Waals surface area contributed by atoms with E-state index in [-0.39, 0.29) is 29.7 Å². The van der Waals surface area contributed by atoms with Crippen LogP contribution in [0.3, 0.4) is 0 Å². The Hall–Kier alpha value is -0.430. The molecule has 1 aliphatic rings. The molecule has 1 aromatic heterocycles. The van der Waals surface area contributed by atoms with E-state index in [1.54, 1.807) is 0 Å². The summed E-state index contributed by atoms with van der Waals surface area (Å²) in [5.41, 5.74) is 0. The van der Waals surface area contributed by atoms with Crippen molar-refractivity contribution < 1.29 is 8.42 Å². The first-order valence-electron chi connectivity index (χ1n) is 5.30. The molecular formula is C10H17Cl2N3O2S. The first-order chi connectivity index (χ1) is 7.57. The summed E-state index contributed by atoms with van der Waals surface area (Å²) in [6.45, 7) is 1.95. The van der Waals surface area contributed by atoms with Gasteiger partial charge in [0.05, 0.1) is 0 Å². The lowest BCUT2D eigenvalue weighted by Gasteiger charge is -2.20. The van der Waals surface area contributed by atoms with Crippen molar-refractivity contribution in [3.8, 4) is 0 Å². The van der Waals surface area contributed by atoms with Crippen LogP contribution in [-0.4, -0.2) is 37.7 Å². The second-order valence-electron chi connectivity index (χ2n) is 4.07. The molecule has 104 valence electrons. The molecule has 1 saturated heterocycles. The molecule has 1 fully saturated rings. The van der Waals surface area contributed by atoms with Gasteiger partial charge in [0.1, 0.15) is 10.7 Å². The molecule has 1 N–H and O–H groups in total. The molecule has 0 saturated carbocycles. The Balaban J connectivity index is 0.00000144. The van der Waals surface area contributed by atoms with Gasteiger partial charge in [-0.3, -0.25) is 0 Å². The minimum atomic E-state index is -3.19. The lowest BCUT2D eigenvalue weighted by Crippen LogP contribution is -2.27. The van der Waals surface area contributed by atoms with Crippen LogP contribution in [0, 0.1) is 0 Å². The summed E-state index contributed by atoms with van der Waals surface area (Å²) in [5, 5.41) is 3.27. The number of nitrogens with zero attached hydrogens (tertiary/aromatic N) is 2. The van der Waals surface area contributed by atoms with E-state index in [1.165, 1.54) is 12.4 Å². The number of hydrogen-bond acceptors (Lipinski definition) is 5. The Bertz CT molecular complexity index is 459. The van der Waals surface area contributed by atoms with Gasteiger partial charge in [-0.05, 0) is 25.9 Å². The zero-order valence-electron chi connectivity index (χ0n) is 10.00. The standard InChI is InChI=1S/C10H15N3O2S.2ClH/c1-16(14,15)9-6-12-10(13-7-9)8-2-4-11-5-3-8;;/h6-8,11H,2-5H2,1H3;2*1H. The van der Waals surface area contributed by atoms with Crippen molar-refractivity contribution in [2.24, 2.45) is 0 Å². The van der Waals surface area contributed by atoms with Crippen molar-refractivity contribution >= 4 is 34.7 Å². The smallest absolute Gasteiger partial charge is 0.178 e. The largest absolute Gasteiger partial charge is 0.317 e. The summed E-state index contributed by atoms with van der Waals surface area (Å²) < 4.78 is 22.5. The van der Waals surface area contributed by atoms with Gasteiger partial charge in [0, 0.05) is 24.6 Å². The van der Waals surface area contributed by atoms with Crippen molar-refractivity contribution in [1.29, 1.82) is 0 Å². The van der Waals surface area contributed by atoms with E-state index in [0.29, 0.717) is 5.92 Å². The summed E-state index contributed by atoms with van der Waals surface area (Å²) >= 11 is 0. The zero-order valence-corrected chi connectivity index (χ0v) is 12.4. The minimum Gasteiger partial charge on any atom is -0.317 e. The second kappa shape index (κ2) is 7.23. The highest BCUT2D eigenvalue weighted by Crippen LogP contribution is 2.21. The van der Waals surface area contributed by atoms with E-state index in [4.69, 9.17) is 0 Å². The van der Waals surface area contributed by atoms with Crippen LogP contribution in [-0.2, 0) is 9.84 Å². The molecule has 0 aliphatic carbocycles. The highest BCUT2D eigenvalue weighted by Gasteiger charge is 2.18. The van der Waals surface area contributed by atoms with Crippen molar-refractivity contribution in [2.45, 2.75) is 23.7 Å². The number of sulfone groups is 1. The predicted molar refractivity (Wildman–Crippen MR) is 74.5 cm³/mol.